The largest absolute Gasteiger partial charge is 0.478 e. The number of aromatic carboxylic acids is 1. The Bertz CT molecular complexity index is 512. The standard InChI is InChI=1S/C15H20N2O4/c1-10-4-2-5-11(8-10)9-16-14-12(15(18)19)6-3-7-13(14)17(20)21/h3,6-7,10-11,16H,2,4-5,8-9H2,1H3,(H,18,19). The van der Waals surface area contributed by atoms with E-state index in [1.807, 2.05) is 0 Å². The van der Waals surface area contributed by atoms with Gasteiger partial charge in [0.15, 0.2) is 0 Å². The molecule has 0 aliphatic heterocycles. The second kappa shape index (κ2) is 6.56. The summed E-state index contributed by atoms with van der Waals surface area (Å²) in [5.74, 6) is -0.0522. The number of carbonyl (C=O) groups is 1. The molecule has 2 atom stereocenters. The molecular formula is C15H20N2O4. The lowest BCUT2D eigenvalue weighted by atomic mass is 9.82. The average Bonchev–Trinajstić information content (AvgIpc) is 2.44. The van der Waals surface area contributed by atoms with Crippen molar-refractivity contribution >= 4 is 17.3 Å². The normalized spacial score (nSPS) is 21.8. The quantitative estimate of drug-likeness (QED) is 0.639. The zero-order valence-electron chi connectivity index (χ0n) is 12.0. The third-order valence-corrected chi connectivity index (χ3v) is 4.08. The van der Waals surface area contributed by atoms with Gasteiger partial charge < -0.3 is 10.4 Å². The van der Waals surface area contributed by atoms with Crippen LogP contribution in [0.2, 0.25) is 0 Å². The topological polar surface area (TPSA) is 92.5 Å². The monoisotopic (exact) mass is 292 g/mol. The number of nitrogens with zero attached hydrogens (tertiary/aromatic N) is 1. The van der Waals surface area contributed by atoms with Crippen molar-refractivity contribution in [2.45, 2.75) is 32.6 Å². The van der Waals surface area contributed by atoms with Crippen molar-refractivity contribution in [3.8, 4) is 0 Å². The highest BCUT2D eigenvalue weighted by Gasteiger charge is 2.23. The fourth-order valence-corrected chi connectivity index (χ4v) is 3.05. The SMILES string of the molecule is CC1CCCC(CNc2c(C(=O)O)cccc2[N+](=O)[O-])C1. The second-order valence-electron chi connectivity index (χ2n) is 5.78. The molecule has 0 radical (unpaired) electrons. The van der Waals surface area contributed by atoms with Gasteiger partial charge in [0.25, 0.3) is 5.69 Å². The average molecular weight is 292 g/mol. The summed E-state index contributed by atoms with van der Waals surface area (Å²) in [7, 11) is 0. The Labute approximate surface area is 123 Å². The van der Waals surface area contributed by atoms with E-state index >= 15 is 0 Å². The van der Waals surface area contributed by atoms with Crippen LogP contribution in [0.5, 0.6) is 0 Å². The van der Waals surface area contributed by atoms with E-state index in [1.54, 1.807) is 0 Å². The number of para-hydroxylation sites is 1. The molecule has 1 aliphatic rings. The fourth-order valence-electron chi connectivity index (χ4n) is 3.05. The van der Waals surface area contributed by atoms with Crippen molar-refractivity contribution < 1.29 is 14.8 Å². The minimum Gasteiger partial charge on any atom is -0.478 e. The molecule has 0 bridgehead atoms. The fraction of sp³-hybridized carbons (Fsp3) is 0.533. The molecule has 1 fully saturated rings. The van der Waals surface area contributed by atoms with Crippen molar-refractivity contribution in [3.63, 3.8) is 0 Å². The number of nitro benzene ring substituents is 1. The van der Waals surface area contributed by atoms with Crippen LogP contribution in [-0.2, 0) is 0 Å². The molecule has 21 heavy (non-hydrogen) atoms. The summed E-state index contributed by atoms with van der Waals surface area (Å²) in [4.78, 5) is 21.8. The van der Waals surface area contributed by atoms with Crippen LogP contribution < -0.4 is 5.32 Å². The first-order valence-electron chi connectivity index (χ1n) is 7.23. The van der Waals surface area contributed by atoms with E-state index in [2.05, 4.69) is 12.2 Å². The first-order valence-corrected chi connectivity index (χ1v) is 7.23. The van der Waals surface area contributed by atoms with E-state index in [0.29, 0.717) is 18.4 Å². The van der Waals surface area contributed by atoms with Crippen molar-refractivity contribution in [1.82, 2.24) is 0 Å². The highest BCUT2D eigenvalue weighted by atomic mass is 16.6. The van der Waals surface area contributed by atoms with Gasteiger partial charge in [-0.25, -0.2) is 4.79 Å². The van der Waals surface area contributed by atoms with Crippen LogP contribution in [0.15, 0.2) is 18.2 Å². The summed E-state index contributed by atoms with van der Waals surface area (Å²) in [6.45, 7) is 2.79. The van der Waals surface area contributed by atoms with Gasteiger partial charge in [-0.1, -0.05) is 25.8 Å². The molecule has 1 saturated carbocycles. The van der Waals surface area contributed by atoms with Gasteiger partial charge in [0, 0.05) is 12.6 Å². The Morgan fingerprint density at radius 1 is 1.48 bits per heavy atom. The molecule has 6 heteroatoms. The zero-order valence-corrected chi connectivity index (χ0v) is 12.0. The summed E-state index contributed by atoms with van der Waals surface area (Å²) in [6.07, 6.45) is 4.55. The number of rotatable bonds is 5. The first-order chi connectivity index (χ1) is 9.99. The maximum absolute atomic E-state index is 11.2. The molecule has 0 spiro atoms. The van der Waals surface area contributed by atoms with E-state index in [4.69, 9.17) is 0 Å². The minimum absolute atomic E-state index is 0.0481. The summed E-state index contributed by atoms with van der Waals surface area (Å²) in [5.41, 5.74) is -0.111. The highest BCUT2D eigenvalue weighted by Crippen LogP contribution is 2.32. The van der Waals surface area contributed by atoms with Gasteiger partial charge >= 0.3 is 5.97 Å². The number of nitrogens with one attached hydrogen (secondary N) is 1. The maximum Gasteiger partial charge on any atom is 0.338 e. The minimum atomic E-state index is -1.15. The van der Waals surface area contributed by atoms with Crippen LogP contribution in [0.3, 0.4) is 0 Å². The van der Waals surface area contributed by atoms with E-state index in [1.165, 1.54) is 24.6 Å². The van der Waals surface area contributed by atoms with Gasteiger partial charge in [0.05, 0.1) is 10.5 Å². The summed E-state index contributed by atoms with van der Waals surface area (Å²) in [6, 6.07) is 4.12. The lowest BCUT2D eigenvalue weighted by Crippen LogP contribution is -2.22. The number of nitro groups is 1. The van der Waals surface area contributed by atoms with Crippen LogP contribution in [0, 0.1) is 22.0 Å². The molecule has 1 aliphatic carbocycles. The lowest BCUT2D eigenvalue weighted by Gasteiger charge is -2.27. The molecule has 0 heterocycles. The van der Waals surface area contributed by atoms with E-state index in [9.17, 15) is 20.0 Å². The summed E-state index contributed by atoms with van der Waals surface area (Å²) >= 11 is 0. The molecule has 2 N–H and O–H groups in total. The Morgan fingerprint density at radius 2 is 2.24 bits per heavy atom. The molecule has 1 aromatic carbocycles. The lowest BCUT2D eigenvalue weighted by molar-refractivity contribution is -0.384. The highest BCUT2D eigenvalue weighted by molar-refractivity contribution is 5.96. The number of carboxylic acid groups (broad SMARTS) is 1. The smallest absolute Gasteiger partial charge is 0.338 e. The van der Waals surface area contributed by atoms with Crippen molar-refractivity contribution in [3.05, 3.63) is 33.9 Å². The second-order valence-corrected chi connectivity index (χ2v) is 5.78. The van der Waals surface area contributed by atoms with Crippen LogP contribution in [-0.4, -0.2) is 22.5 Å². The summed E-state index contributed by atoms with van der Waals surface area (Å²) in [5, 5.41) is 23.3. The van der Waals surface area contributed by atoms with E-state index < -0.39 is 10.9 Å². The predicted octanol–water partition coefficient (Wildman–Crippen LogP) is 3.53. The maximum atomic E-state index is 11.2. The van der Waals surface area contributed by atoms with Gasteiger partial charge in [0.2, 0.25) is 0 Å². The van der Waals surface area contributed by atoms with Gasteiger partial charge in [-0.05, 0) is 30.7 Å². The Balaban J connectivity index is 2.17. The van der Waals surface area contributed by atoms with Crippen LogP contribution in [0.25, 0.3) is 0 Å². The molecule has 114 valence electrons. The number of hydrogen-bond acceptors (Lipinski definition) is 4. The third-order valence-electron chi connectivity index (χ3n) is 4.08. The molecule has 0 aromatic heterocycles. The molecule has 2 rings (SSSR count). The molecule has 0 amide bonds. The van der Waals surface area contributed by atoms with Crippen molar-refractivity contribution in [2.75, 3.05) is 11.9 Å². The Kier molecular flexibility index (Phi) is 4.77. The van der Waals surface area contributed by atoms with Crippen LogP contribution in [0.1, 0.15) is 43.0 Å². The summed E-state index contributed by atoms with van der Waals surface area (Å²) < 4.78 is 0. The number of benzene rings is 1. The van der Waals surface area contributed by atoms with E-state index in [0.717, 1.165) is 19.3 Å². The number of carboxylic acids is 1. The zero-order chi connectivity index (χ0) is 15.4. The van der Waals surface area contributed by atoms with E-state index in [-0.39, 0.29) is 16.9 Å². The Hall–Kier alpha value is -2.11. The number of hydrogen-bond donors (Lipinski definition) is 2. The van der Waals surface area contributed by atoms with Gasteiger partial charge in [-0.2, -0.15) is 0 Å². The number of anilines is 1. The van der Waals surface area contributed by atoms with Gasteiger partial charge in [-0.3, -0.25) is 10.1 Å². The Morgan fingerprint density at radius 3 is 2.86 bits per heavy atom. The molecule has 2 unspecified atom stereocenters. The van der Waals surface area contributed by atoms with Gasteiger partial charge in [-0.15, -0.1) is 0 Å². The predicted molar refractivity (Wildman–Crippen MR) is 79.7 cm³/mol. The van der Waals surface area contributed by atoms with Crippen molar-refractivity contribution in [1.29, 1.82) is 0 Å². The van der Waals surface area contributed by atoms with Crippen molar-refractivity contribution in [2.24, 2.45) is 11.8 Å². The molecule has 1 aromatic rings. The molecule has 0 saturated heterocycles. The van der Waals surface area contributed by atoms with Crippen LogP contribution in [0.4, 0.5) is 11.4 Å². The molecule has 6 nitrogen and oxygen atoms in total. The first kappa shape index (κ1) is 15.3. The molecular weight excluding hydrogens is 272 g/mol. The van der Waals surface area contributed by atoms with Gasteiger partial charge in [0.1, 0.15) is 5.69 Å². The van der Waals surface area contributed by atoms with Crippen LogP contribution >= 0.6 is 0 Å². The third kappa shape index (κ3) is 3.71.